The van der Waals surface area contributed by atoms with Crippen LogP contribution >= 0.6 is 0 Å². The minimum absolute atomic E-state index is 0.370. The second kappa shape index (κ2) is 5.04. The fourth-order valence-corrected chi connectivity index (χ4v) is 3.95. The van der Waals surface area contributed by atoms with E-state index in [-0.39, 0.29) is 0 Å². The second-order valence-electron chi connectivity index (χ2n) is 6.14. The molecule has 2 bridgehead atoms. The molecule has 2 fully saturated rings. The Labute approximate surface area is 115 Å². The number of hydrogen-bond donors (Lipinski definition) is 1. The molecule has 0 spiro atoms. The van der Waals surface area contributed by atoms with Crippen molar-refractivity contribution in [2.75, 3.05) is 26.5 Å². The van der Waals surface area contributed by atoms with E-state index in [1.54, 1.807) is 0 Å². The van der Waals surface area contributed by atoms with E-state index in [1.807, 2.05) is 7.05 Å². The third-order valence-electron chi connectivity index (χ3n) is 4.81. The minimum atomic E-state index is 0.370. The normalized spacial score (nSPS) is 32.8. The van der Waals surface area contributed by atoms with Crippen LogP contribution in [-0.4, -0.2) is 38.2 Å². The number of rotatable bonds is 4. The zero-order chi connectivity index (χ0) is 13.4. The number of ether oxygens (including phenoxy) is 1. The highest BCUT2D eigenvalue weighted by atomic mass is 16.5. The predicted molar refractivity (Wildman–Crippen MR) is 78.7 cm³/mol. The van der Waals surface area contributed by atoms with Crippen molar-refractivity contribution in [1.29, 1.82) is 0 Å². The molecule has 1 aromatic rings. The molecule has 104 valence electrons. The molecule has 19 heavy (non-hydrogen) atoms. The van der Waals surface area contributed by atoms with E-state index in [1.165, 1.54) is 19.3 Å². The van der Waals surface area contributed by atoms with Gasteiger partial charge in [-0.25, -0.2) is 0 Å². The molecule has 0 saturated heterocycles. The lowest BCUT2D eigenvalue weighted by Crippen LogP contribution is -2.46. The molecule has 4 unspecified atom stereocenters. The average molecular weight is 260 g/mol. The van der Waals surface area contributed by atoms with Crippen LogP contribution in [0, 0.1) is 11.8 Å². The van der Waals surface area contributed by atoms with E-state index in [0.717, 1.165) is 23.3 Å². The SMILES string of the molecule is CNc1ccc(OC2C3CCC(C3)C2N(C)C)cc1. The summed E-state index contributed by atoms with van der Waals surface area (Å²) in [4.78, 5) is 2.36. The van der Waals surface area contributed by atoms with Crippen molar-refractivity contribution in [3.05, 3.63) is 24.3 Å². The molecule has 3 rings (SSSR count). The maximum absolute atomic E-state index is 6.31. The number of nitrogens with zero attached hydrogens (tertiary/aromatic N) is 1. The Balaban J connectivity index is 1.74. The smallest absolute Gasteiger partial charge is 0.119 e. The Kier molecular flexibility index (Phi) is 3.40. The van der Waals surface area contributed by atoms with Gasteiger partial charge in [-0.3, -0.25) is 0 Å². The van der Waals surface area contributed by atoms with Crippen LogP contribution < -0.4 is 10.1 Å². The molecule has 3 heteroatoms. The summed E-state index contributed by atoms with van der Waals surface area (Å²) in [5, 5.41) is 3.14. The van der Waals surface area contributed by atoms with E-state index in [0.29, 0.717) is 12.1 Å². The van der Waals surface area contributed by atoms with Crippen LogP contribution in [-0.2, 0) is 0 Å². The highest BCUT2D eigenvalue weighted by Crippen LogP contribution is 2.47. The van der Waals surface area contributed by atoms with Gasteiger partial charge in [0.2, 0.25) is 0 Å². The van der Waals surface area contributed by atoms with Crippen molar-refractivity contribution in [2.24, 2.45) is 11.8 Å². The van der Waals surface area contributed by atoms with E-state index in [9.17, 15) is 0 Å². The first kappa shape index (κ1) is 12.8. The van der Waals surface area contributed by atoms with Crippen LogP contribution in [0.5, 0.6) is 5.75 Å². The summed E-state index contributed by atoms with van der Waals surface area (Å²) in [6, 6.07) is 8.89. The molecule has 2 saturated carbocycles. The van der Waals surface area contributed by atoms with Gasteiger partial charge < -0.3 is 15.0 Å². The Morgan fingerprint density at radius 2 is 1.79 bits per heavy atom. The highest BCUT2D eigenvalue weighted by Gasteiger charge is 2.49. The third kappa shape index (κ3) is 2.32. The van der Waals surface area contributed by atoms with Crippen LogP contribution in [0.2, 0.25) is 0 Å². The lowest BCUT2D eigenvalue weighted by Gasteiger charge is -2.35. The quantitative estimate of drug-likeness (QED) is 0.901. The van der Waals surface area contributed by atoms with Crippen molar-refractivity contribution in [3.8, 4) is 5.75 Å². The van der Waals surface area contributed by atoms with Gasteiger partial charge in [-0.2, -0.15) is 0 Å². The molecule has 1 aromatic carbocycles. The molecule has 1 N–H and O–H groups in total. The molecule has 0 aromatic heterocycles. The van der Waals surface area contributed by atoms with Crippen LogP contribution in [0.4, 0.5) is 5.69 Å². The summed E-state index contributed by atoms with van der Waals surface area (Å²) < 4.78 is 6.31. The maximum Gasteiger partial charge on any atom is 0.119 e. The summed E-state index contributed by atoms with van der Waals surface area (Å²) in [7, 11) is 6.31. The van der Waals surface area contributed by atoms with Crippen LogP contribution in [0.3, 0.4) is 0 Å². The van der Waals surface area contributed by atoms with Crippen LogP contribution in [0.15, 0.2) is 24.3 Å². The van der Waals surface area contributed by atoms with Crippen molar-refractivity contribution in [3.63, 3.8) is 0 Å². The van der Waals surface area contributed by atoms with Gasteiger partial charge in [0.25, 0.3) is 0 Å². The van der Waals surface area contributed by atoms with Crippen LogP contribution in [0.25, 0.3) is 0 Å². The van der Waals surface area contributed by atoms with Crippen molar-refractivity contribution >= 4 is 5.69 Å². The summed E-state index contributed by atoms with van der Waals surface area (Å²) >= 11 is 0. The number of hydrogen-bond acceptors (Lipinski definition) is 3. The monoisotopic (exact) mass is 260 g/mol. The van der Waals surface area contributed by atoms with Crippen LogP contribution in [0.1, 0.15) is 19.3 Å². The Morgan fingerprint density at radius 1 is 1.11 bits per heavy atom. The summed E-state index contributed by atoms with van der Waals surface area (Å²) in [5.41, 5.74) is 1.13. The van der Waals surface area contributed by atoms with Crippen molar-refractivity contribution < 1.29 is 4.74 Å². The molecule has 3 nitrogen and oxygen atoms in total. The summed E-state index contributed by atoms with van der Waals surface area (Å²) in [6.45, 7) is 0. The lowest BCUT2D eigenvalue weighted by atomic mass is 9.91. The fraction of sp³-hybridized carbons (Fsp3) is 0.625. The van der Waals surface area contributed by atoms with Gasteiger partial charge >= 0.3 is 0 Å². The summed E-state index contributed by atoms with van der Waals surface area (Å²) in [5.74, 6) is 2.59. The number of likely N-dealkylation sites (N-methyl/N-ethyl adjacent to an activating group) is 1. The van der Waals surface area contributed by atoms with Gasteiger partial charge in [0.15, 0.2) is 0 Å². The molecule has 0 aliphatic heterocycles. The Hall–Kier alpha value is -1.22. The zero-order valence-corrected chi connectivity index (χ0v) is 12.1. The zero-order valence-electron chi connectivity index (χ0n) is 12.1. The second-order valence-corrected chi connectivity index (χ2v) is 6.14. The fourth-order valence-electron chi connectivity index (χ4n) is 3.95. The van der Waals surface area contributed by atoms with Gasteiger partial charge in [-0.05, 0) is 69.5 Å². The van der Waals surface area contributed by atoms with Crippen molar-refractivity contribution in [2.45, 2.75) is 31.4 Å². The number of nitrogens with one attached hydrogen (secondary N) is 1. The maximum atomic E-state index is 6.31. The molecular formula is C16H24N2O. The summed E-state index contributed by atoms with van der Waals surface area (Å²) in [6.07, 6.45) is 4.44. The first-order valence-electron chi connectivity index (χ1n) is 7.30. The average Bonchev–Trinajstić information content (AvgIpc) is 3.00. The lowest BCUT2D eigenvalue weighted by molar-refractivity contribution is 0.0538. The van der Waals surface area contributed by atoms with Gasteiger partial charge in [-0.15, -0.1) is 0 Å². The van der Waals surface area contributed by atoms with Gasteiger partial charge in [0.1, 0.15) is 11.9 Å². The topological polar surface area (TPSA) is 24.5 Å². The molecule has 4 atom stereocenters. The van der Waals surface area contributed by atoms with Gasteiger partial charge in [0, 0.05) is 18.8 Å². The largest absolute Gasteiger partial charge is 0.489 e. The standard InChI is InChI=1S/C16H24N2O/c1-17-13-6-8-14(9-7-13)19-16-12-5-4-11(10-12)15(16)18(2)3/h6-9,11-12,15-17H,4-5,10H2,1-3H3. The Bertz CT molecular complexity index is 429. The first-order valence-corrected chi connectivity index (χ1v) is 7.30. The van der Waals surface area contributed by atoms with Gasteiger partial charge in [-0.1, -0.05) is 0 Å². The third-order valence-corrected chi connectivity index (χ3v) is 4.81. The van der Waals surface area contributed by atoms with E-state index in [4.69, 9.17) is 4.74 Å². The molecule has 2 aliphatic rings. The molecule has 0 radical (unpaired) electrons. The van der Waals surface area contributed by atoms with E-state index in [2.05, 4.69) is 48.6 Å². The molecule has 0 heterocycles. The Morgan fingerprint density at radius 3 is 2.42 bits per heavy atom. The van der Waals surface area contributed by atoms with E-state index >= 15 is 0 Å². The highest BCUT2D eigenvalue weighted by molar-refractivity contribution is 5.45. The number of anilines is 1. The van der Waals surface area contributed by atoms with Gasteiger partial charge in [0.05, 0.1) is 0 Å². The molecule has 0 amide bonds. The van der Waals surface area contributed by atoms with E-state index < -0.39 is 0 Å². The minimum Gasteiger partial charge on any atom is -0.489 e. The molecule has 2 aliphatic carbocycles. The predicted octanol–water partition coefficient (Wildman–Crippen LogP) is 2.84. The first-order chi connectivity index (χ1) is 9.19. The van der Waals surface area contributed by atoms with Crippen molar-refractivity contribution in [1.82, 2.24) is 4.90 Å². The number of benzene rings is 1. The number of fused-ring (bicyclic) bond motifs is 2. The molecular weight excluding hydrogens is 236 g/mol.